The van der Waals surface area contributed by atoms with Crippen LogP contribution in [0.3, 0.4) is 0 Å². The minimum absolute atomic E-state index is 0.599. The summed E-state index contributed by atoms with van der Waals surface area (Å²) in [6.45, 7) is 4.10. The molecule has 2 N–H and O–H groups in total. The van der Waals surface area contributed by atoms with Crippen molar-refractivity contribution in [3.05, 3.63) is 24.3 Å². The van der Waals surface area contributed by atoms with Crippen molar-refractivity contribution in [3.63, 3.8) is 0 Å². The quantitative estimate of drug-likeness (QED) is 0.871. The molecule has 1 aromatic heterocycles. The number of H-pyrrole nitrogens is 1. The highest BCUT2D eigenvalue weighted by atomic mass is 16.6. The summed E-state index contributed by atoms with van der Waals surface area (Å²) in [4.78, 5) is 0. The summed E-state index contributed by atoms with van der Waals surface area (Å²) in [7, 11) is 0. The molecule has 18 heavy (non-hydrogen) atoms. The largest absolute Gasteiger partial charge is 0.486 e. The van der Waals surface area contributed by atoms with Gasteiger partial charge in [-0.15, -0.1) is 0 Å². The molecular weight excluding hydrogens is 230 g/mol. The van der Waals surface area contributed by atoms with E-state index in [0.717, 1.165) is 35.1 Å². The van der Waals surface area contributed by atoms with E-state index in [4.69, 9.17) is 9.47 Å². The van der Waals surface area contributed by atoms with Crippen LogP contribution >= 0.6 is 0 Å². The van der Waals surface area contributed by atoms with Crippen LogP contribution in [0, 0.1) is 0 Å². The maximum atomic E-state index is 5.56. The summed E-state index contributed by atoms with van der Waals surface area (Å²) in [6, 6.07) is 7.88. The fourth-order valence-corrected chi connectivity index (χ4v) is 1.95. The van der Waals surface area contributed by atoms with E-state index in [0.29, 0.717) is 13.2 Å². The number of aromatic amines is 1. The topological polar surface area (TPSA) is 59.2 Å². The Kier molecular flexibility index (Phi) is 2.80. The number of nitrogens with zero attached hydrogens (tertiary/aromatic N) is 1. The van der Waals surface area contributed by atoms with Crippen molar-refractivity contribution in [3.8, 4) is 22.8 Å². The second-order valence-electron chi connectivity index (χ2n) is 4.06. The van der Waals surface area contributed by atoms with E-state index in [2.05, 4.69) is 15.5 Å². The molecule has 0 bridgehead atoms. The van der Waals surface area contributed by atoms with Crippen LogP contribution in [-0.4, -0.2) is 30.0 Å². The van der Waals surface area contributed by atoms with Crippen molar-refractivity contribution in [1.82, 2.24) is 10.2 Å². The van der Waals surface area contributed by atoms with Crippen LogP contribution in [0.5, 0.6) is 11.5 Å². The molecule has 0 amide bonds. The zero-order valence-corrected chi connectivity index (χ0v) is 10.2. The molecular formula is C13H15N3O2. The fraction of sp³-hybridized carbons (Fsp3) is 0.308. The maximum absolute atomic E-state index is 5.56. The fourth-order valence-electron chi connectivity index (χ4n) is 1.95. The van der Waals surface area contributed by atoms with Gasteiger partial charge in [-0.1, -0.05) is 0 Å². The summed E-state index contributed by atoms with van der Waals surface area (Å²) in [5.74, 6) is 2.44. The van der Waals surface area contributed by atoms with Crippen LogP contribution in [-0.2, 0) is 0 Å². The van der Waals surface area contributed by atoms with E-state index in [1.165, 1.54) is 0 Å². The van der Waals surface area contributed by atoms with Gasteiger partial charge in [-0.05, 0) is 25.1 Å². The number of ether oxygens (including phenoxy) is 2. The molecule has 0 atom stereocenters. The number of hydrogen-bond donors (Lipinski definition) is 2. The Morgan fingerprint density at radius 1 is 1.22 bits per heavy atom. The zero-order valence-electron chi connectivity index (χ0n) is 10.2. The molecule has 1 aliphatic rings. The molecule has 0 radical (unpaired) electrons. The Bertz CT molecular complexity index is 551. The third-order valence-corrected chi connectivity index (χ3v) is 2.79. The monoisotopic (exact) mass is 245 g/mol. The van der Waals surface area contributed by atoms with Crippen LogP contribution in [0.4, 0.5) is 5.82 Å². The number of hydrogen-bond acceptors (Lipinski definition) is 4. The van der Waals surface area contributed by atoms with E-state index >= 15 is 0 Å². The molecule has 0 aliphatic carbocycles. The van der Waals surface area contributed by atoms with Crippen LogP contribution in [0.1, 0.15) is 6.92 Å². The number of fused-ring (bicyclic) bond motifs is 1. The molecule has 2 heterocycles. The van der Waals surface area contributed by atoms with E-state index in [-0.39, 0.29) is 0 Å². The Morgan fingerprint density at radius 2 is 2.06 bits per heavy atom. The molecule has 2 aromatic rings. The van der Waals surface area contributed by atoms with Gasteiger partial charge in [0.15, 0.2) is 11.5 Å². The van der Waals surface area contributed by atoms with Gasteiger partial charge in [-0.2, -0.15) is 5.10 Å². The minimum Gasteiger partial charge on any atom is -0.486 e. The number of anilines is 1. The first-order valence-electron chi connectivity index (χ1n) is 6.06. The van der Waals surface area contributed by atoms with Gasteiger partial charge in [0, 0.05) is 18.2 Å². The predicted octanol–water partition coefficient (Wildman–Crippen LogP) is 2.28. The van der Waals surface area contributed by atoms with Crippen molar-refractivity contribution in [1.29, 1.82) is 0 Å². The first kappa shape index (κ1) is 11.0. The molecule has 0 spiro atoms. The highest BCUT2D eigenvalue weighted by Crippen LogP contribution is 2.34. The third-order valence-electron chi connectivity index (χ3n) is 2.79. The Labute approximate surface area is 105 Å². The highest BCUT2D eigenvalue weighted by molar-refractivity contribution is 5.66. The van der Waals surface area contributed by atoms with E-state index in [1.807, 2.05) is 31.2 Å². The number of benzene rings is 1. The van der Waals surface area contributed by atoms with Crippen LogP contribution in [0.25, 0.3) is 11.3 Å². The summed E-state index contributed by atoms with van der Waals surface area (Å²) >= 11 is 0. The second-order valence-corrected chi connectivity index (χ2v) is 4.06. The average molecular weight is 245 g/mol. The molecule has 0 unspecified atom stereocenters. The standard InChI is InChI=1S/C13H15N3O2/c1-2-14-13-8-10(15-16-13)9-3-4-11-12(7-9)18-6-5-17-11/h3-4,7-8H,2,5-6H2,1H3,(H2,14,15,16). The van der Waals surface area contributed by atoms with Gasteiger partial charge in [0.1, 0.15) is 19.0 Å². The van der Waals surface area contributed by atoms with Gasteiger partial charge >= 0.3 is 0 Å². The van der Waals surface area contributed by atoms with Crippen molar-refractivity contribution in [2.45, 2.75) is 6.92 Å². The number of aromatic nitrogens is 2. The highest BCUT2D eigenvalue weighted by Gasteiger charge is 2.13. The minimum atomic E-state index is 0.599. The van der Waals surface area contributed by atoms with Crippen molar-refractivity contribution < 1.29 is 9.47 Å². The molecule has 0 fully saturated rings. The second kappa shape index (κ2) is 4.60. The zero-order chi connectivity index (χ0) is 12.4. The molecule has 1 aliphatic heterocycles. The van der Waals surface area contributed by atoms with Crippen molar-refractivity contribution >= 4 is 5.82 Å². The van der Waals surface area contributed by atoms with Crippen LogP contribution < -0.4 is 14.8 Å². The SMILES string of the molecule is CCNc1cc(-c2ccc3c(c2)OCCO3)[nH]n1. The third kappa shape index (κ3) is 1.99. The average Bonchev–Trinajstić information content (AvgIpc) is 2.87. The lowest BCUT2D eigenvalue weighted by molar-refractivity contribution is 0.171. The van der Waals surface area contributed by atoms with Gasteiger partial charge in [-0.25, -0.2) is 0 Å². The van der Waals surface area contributed by atoms with E-state index in [9.17, 15) is 0 Å². The number of rotatable bonds is 3. The Balaban J connectivity index is 1.91. The molecule has 5 heteroatoms. The Morgan fingerprint density at radius 3 is 2.89 bits per heavy atom. The molecule has 94 valence electrons. The normalized spacial score (nSPS) is 13.4. The molecule has 3 rings (SSSR count). The first-order valence-corrected chi connectivity index (χ1v) is 6.06. The van der Waals surface area contributed by atoms with Gasteiger partial charge in [0.25, 0.3) is 0 Å². The Hall–Kier alpha value is -2.17. The predicted molar refractivity (Wildman–Crippen MR) is 69.2 cm³/mol. The lowest BCUT2D eigenvalue weighted by atomic mass is 10.1. The van der Waals surface area contributed by atoms with Gasteiger partial charge in [0.2, 0.25) is 0 Å². The van der Waals surface area contributed by atoms with Gasteiger partial charge in [-0.3, -0.25) is 5.10 Å². The van der Waals surface area contributed by atoms with Crippen LogP contribution in [0.15, 0.2) is 24.3 Å². The summed E-state index contributed by atoms with van der Waals surface area (Å²) in [5, 5.41) is 10.4. The summed E-state index contributed by atoms with van der Waals surface area (Å²) < 4.78 is 11.1. The summed E-state index contributed by atoms with van der Waals surface area (Å²) in [5.41, 5.74) is 2.00. The molecule has 5 nitrogen and oxygen atoms in total. The van der Waals surface area contributed by atoms with Crippen LogP contribution in [0.2, 0.25) is 0 Å². The number of nitrogens with one attached hydrogen (secondary N) is 2. The lowest BCUT2D eigenvalue weighted by Crippen LogP contribution is -2.15. The molecule has 0 saturated carbocycles. The lowest BCUT2D eigenvalue weighted by Gasteiger charge is -2.18. The first-order chi connectivity index (χ1) is 8.86. The smallest absolute Gasteiger partial charge is 0.162 e. The molecule has 1 aromatic carbocycles. The van der Waals surface area contributed by atoms with E-state index < -0.39 is 0 Å². The summed E-state index contributed by atoms with van der Waals surface area (Å²) in [6.07, 6.45) is 0. The van der Waals surface area contributed by atoms with Gasteiger partial charge in [0.05, 0.1) is 5.69 Å². The maximum Gasteiger partial charge on any atom is 0.162 e. The van der Waals surface area contributed by atoms with Gasteiger partial charge < -0.3 is 14.8 Å². The molecule has 0 saturated heterocycles. The van der Waals surface area contributed by atoms with Crippen molar-refractivity contribution in [2.24, 2.45) is 0 Å². The van der Waals surface area contributed by atoms with Crippen molar-refractivity contribution in [2.75, 3.05) is 25.1 Å². The van der Waals surface area contributed by atoms with E-state index in [1.54, 1.807) is 0 Å².